The fourth-order valence-corrected chi connectivity index (χ4v) is 1.58. The number of Topliss-reactive ketones (excluding diaryl/α,β-unsaturated/α-hetero) is 1. The van der Waals surface area contributed by atoms with E-state index in [-0.39, 0.29) is 24.6 Å². The molecule has 0 bridgehead atoms. The quantitative estimate of drug-likeness (QED) is 0.551. The third kappa shape index (κ3) is 5.42. The third-order valence-electron chi connectivity index (χ3n) is 2.36. The van der Waals surface area contributed by atoms with Crippen molar-refractivity contribution in [3.8, 4) is 5.75 Å². The molecule has 0 aromatic heterocycles. The molecule has 0 aliphatic carbocycles. The van der Waals surface area contributed by atoms with Crippen molar-refractivity contribution in [2.75, 3.05) is 6.61 Å². The highest BCUT2D eigenvalue weighted by Crippen LogP contribution is 2.22. The van der Waals surface area contributed by atoms with Crippen molar-refractivity contribution in [1.82, 2.24) is 0 Å². The zero-order valence-electron chi connectivity index (χ0n) is 11.0. The fourth-order valence-electron chi connectivity index (χ4n) is 1.58. The second-order valence-corrected chi connectivity index (χ2v) is 4.18. The van der Waals surface area contributed by atoms with Crippen molar-refractivity contribution in [3.63, 3.8) is 0 Å². The number of hydrogen-bond donors (Lipinski definition) is 2. The Bertz CT molecular complexity index is 488. The second-order valence-electron chi connectivity index (χ2n) is 4.18. The van der Waals surface area contributed by atoms with Crippen molar-refractivity contribution < 1.29 is 29.3 Å². The first-order chi connectivity index (χ1) is 9.42. The first-order valence-electron chi connectivity index (χ1n) is 5.91. The first kappa shape index (κ1) is 16.2. The van der Waals surface area contributed by atoms with Gasteiger partial charge in [-0.15, -0.1) is 0 Å². The molecule has 0 spiro atoms. The standard InChI is InChI=1S/C13H15BO6/c1-8(16)4-10-5-9(7-19-13(14)18)2-3-11(10)20-12(17)6-15/h2-3,5,12,15,17H,4,6-7H2,1H3/t12-/m1/s1. The van der Waals surface area contributed by atoms with Gasteiger partial charge >= 0.3 is 0 Å². The number of benzene rings is 1. The predicted molar refractivity (Wildman–Crippen MR) is 70.5 cm³/mol. The number of ether oxygens (including phenoxy) is 2. The number of rotatable bonds is 7. The summed E-state index contributed by atoms with van der Waals surface area (Å²) < 4.78 is 9.75. The Morgan fingerprint density at radius 1 is 1.40 bits per heavy atom. The maximum Gasteiger partial charge on any atom is 0.236 e. The zero-order valence-corrected chi connectivity index (χ0v) is 11.0. The van der Waals surface area contributed by atoms with Crippen molar-refractivity contribution >= 4 is 19.5 Å². The lowest BCUT2D eigenvalue weighted by molar-refractivity contribution is -0.116. The summed E-state index contributed by atoms with van der Waals surface area (Å²) in [7, 11) is 4.87. The van der Waals surface area contributed by atoms with Crippen LogP contribution in [-0.4, -0.2) is 42.6 Å². The molecular formula is C13H15BO6. The molecule has 0 unspecified atom stereocenters. The van der Waals surface area contributed by atoms with Gasteiger partial charge in [0, 0.05) is 12.0 Å². The van der Waals surface area contributed by atoms with Gasteiger partial charge < -0.3 is 19.7 Å². The number of ketones is 1. The van der Waals surface area contributed by atoms with Crippen molar-refractivity contribution in [2.45, 2.75) is 26.2 Å². The average molecular weight is 278 g/mol. The molecule has 6 nitrogen and oxygen atoms in total. The maximum absolute atomic E-state index is 11.2. The maximum atomic E-state index is 11.2. The monoisotopic (exact) mass is 278 g/mol. The summed E-state index contributed by atoms with van der Waals surface area (Å²) in [6.07, 6.45) is -1.27. The molecule has 1 aromatic rings. The van der Waals surface area contributed by atoms with Crippen LogP contribution in [0.4, 0.5) is 4.79 Å². The van der Waals surface area contributed by atoms with Gasteiger partial charge in [0.15, 0.2) is 0 Å². The lowest BCUT2D eigenvalue weighted by Crippen LogP contribution is -2.21. The molecular weight excluding hydrogens is 263 g/mol. The van der Waals surface area contributed by atoms with Crippen molar-refractivity contribution in [2.24, 2.45) is 0 Å². The highest BCUT2D eigenvalue weighted by molar-refractivity contribution is 6.55. The molecule has 0 fully saturated rings. The SMILES string of the molecule is [B]C(=O)OCc1ccc(O[C@@H](O)CO)c(CC(C)=O)c1. The van der Waals surface area contributed by atoms with Gasteiger partial charge in [-0.1, -0.05) is 6.07 Å². The summed E-state index contributed by atoms with van der Waals surface area (Å²) >= 11 is 0. The molecule has 106 valence electrons. The minimum absolute atomic E-state index is 0.0247. The Labute approximate surface area is 117 Å². The van der Waals surface area contributed by atoms with E-state index in [0.29, 0.717) is 11.1 Å². The molecule has 0 saturated heterocycles. The van der Waals surface area contributed by atoms with Crippen LogP contribution in [0.25, 0.3) is 0 Å². The molecule has 2 radical (unpaired) electrons. The van der Waals surface area contributed by atoms with E-state index in [2.05, 4.69) is 4.74 Å². The van der Waals surface area contributed by atoms with Crippen LogP contribution >= 0.6 is 0 Å². The second kappa shape index (κ2) is 7.67. The molecule has 0 saturated carbocycles. The Morgan fingerprint density at radius 3 is 2.65 bits per heavy atom. The van der Waals surface area contributed by atoms with Gasteiger partial charge in [0.25, 0.3) is 0 Å². The van der Waals surface area contributed by atoms with Crippen LogP contribution < -0.4 is 4.74 Å². The minimum atomic E-state index is -1.37. The molecule has 0 heterocycles. The summed E-state index contributed by atoms with van der Waals surface area (Å²) in [5.41, 5.74) is 1.15. The van der Waals surface area contributed by atoms with E-state index in [0.717, 1.165) is 0 Å². The van der Waals surface area contributed by atoms with Gasteiger partial charge in [-0.05, 0) is 24.6 Å². The summed E-state index contributed by atoms with van der Waals surface area (Å²) in [6, 6.07) is 4.74. The van der Waals surface area contributed by atoms with E-state index in [9.17, 15) is 14.7 Å². The van der Waals surface area contributed by atoms with Gasteiger partial charge in [0.1, 0.15) is 24.7 Å². The van der Waals surface area contributed by atoms with Crippen molar-refractivity contribution in [1.29, 1.82) is 0 Å². The predicted octanol–water partition coefficient (Wildman–Crippen LogP) is 0.313. The van der Waals surface area contributed by atoms with E-state index < -0.39 is 18.8 Å². The minimum Gasteiger partial charge on any atom is -0.470 e. The Kier molecular flexibility index (Phi) is 6.21. The van der Waals surface area contributed by atoms with Crippen LogP contribution in [0.15, 0.2) is 18.2 Å². The summed E-state index contributed by atoms with van der Waals surface area (Å²) in [6.45, 7) is 0.827. The van der Waals surface area contributed by atoms with Crippen LogP contribution in [0.2, 0.25) is 0 Å². The topological polar surface area (TPSA) is 93.1 Å². The average Bonchev–Trinajstić information content (AvgIpc) is 2.38. The van der Waals surface area contributed by atoms with Crippen LogP contribution in [0.3, 0.4) is 0 Å². The summed E-state index contributed by atoms with van der Waals surface area (Å²) in [5.74, 6) is -0.708. The Hall–Kier alpha value is -1.86. The lowest BCUT2D eigenvalue weighted by Gasteiger charge is -2.15. The summed E-state index contributed by atoms with van der Waals surface area (Å²) in [5, 5.41) is 18.0. The van der Waals surface area contributed by atoms with Crippen LogP contribution in [-0.2, 0) is 22.6 Å². The van der Waals surface area contributed by atoms with E-state index in [1.807, 2.05) is 0 Å². The largest absolute Gasteiger partial charge is 0.470 e. The molecule has 20 heavy (non-hydrogen) atoms. The Morgan fingerprint density at radius 2 is 2.10 bits per heavy atom. The third-order valence-corrected chi connectivity index (χ3v) is 2.36. The molecule has 0 aliphatic heterocycles. The van der Waals surface area contributed by atoms with Crippen LogP contribution in [0.5, 0.6) is 5.75 Å². The molecule has 0 aliphatic rings. The number of aliphatic hydroxyl groups is 2. The molecule has 1 atom stereocenters. The number of aliphatic hydroxyl groups excluding tert-OH is 2. The normalized spacial score (nSPS) is 11.8. The number of carbonyl (C=O) groups excluding carboxylic acids is 2. The first-order valence-corrected chi connectivity index (χ1v) is 5.91. The molecule has 0 amide bonds. The van der Waals surface area contributed by atoms with Gasteiger partial charge in [0.2, 0.25) is 20.0 Å². The number of carbonyl (C=O) groups is 2. The lowest BCUT2D eigenvalue weighted by atomic mass is 10.0. The smallest absolute Gasteiger partial charge is 0.236 e. The van der Waals surface area contributed by atoms with E-state index in [4.69, 9.17) is 17.7 Å². The van der Waals surface area contributed by atoms with Gasteiger partial charge in [0.05, 0.1) is 0 Å². The molecule has 2 N–H and O–H groups in total. The van der Waals surface area contributed by atoms with Gasteiger partial charge in [-0.3, -0.25) is 9.59 Å². The number of hydrogen-bond acceptors (Lipinski definition) is 6. The summed E-state index contributed by atoms with van der Waals surface area (Å²) in [4.78, 5) is 21.8. The molecule has 1 rings (SSSR count). The zero-order chi connectivity index (χ0) is 15.1. The van der Waals surface area contributed by atoms with Crippen LogP contribution in [0, 0.1) is 0 Å². The Balaban J connectivity index is 2.93. The van der Waals surface area contributed by atoms with E-state index in [1.54, 1.807) is 12.1 Å². The van der Waals surface area contributed by atoms with Gasteiger partial charge in [-0.2, -0.15) is 0 Å². The molecule has 1 aromatic carbocycles. The van der Waals surface area contributed by atoms with Crippen LogP contribution in [0.1, 0.15) is 18.1 Å². The van der Waals surface area contributed by atoms with Gasteiger partial charge in [-0.25, -0.2) is 0 Å². The van der Waals surface area contributed by atoms with E-state index in [1.165, 1.54) is 13.0 Å². The fraction of sp³-hybridized carbons (Fsp3) is 0.385. The van der Waals surface area contributed by atoms with Crippen molar-refractivity contribution in [3.05, 3.63) is 29.3 Å². The molecule has 7 heteroatoms. The highest BCUT2D eigenvalue weighted by atomic mass is 16.6. The van der Waals surface area contributed by atoms with E-state index >= 15 is 0 Å². The highest BCUT2D eigenvalue weighted by Gasteiger charge is 2.12.